The van der Waals surface area contributed by atoms with E-state index in [1.165, 1.54) is 11.6 Å². The van der Waals surface area contributed by atoms with Gasteiger partial charge in [-0.2, -0.15) is 0 Å². The number of oxazole rings is 1. The summed E-state index contributed by atoms with van der Waals surface area (Å²) in [5.74, 6) is 3.18. The quantitative estimate of drug-likeness (QED) is 0.0752. The number of carbonyl (C=O) groups excluding carboxylic acids is 1. The van der Waals surface area contributed by atoms with Crippen molar-refractivity contribution in [1.29, 1.82) is 0 Å². The molecule has 46 heavy (non-hydrogen) atoms. The fraction of sp³-hybridized carbons (Fsp3) is 0.297. The van der Waals surface area contributed by atoms with Gasteiger partial charge in [0.2, 0.25) is 5.89 Å². The molecule has 3 rings (SSSR count). The summed E-state index contributed by atoms with van der Waals surface area (Å²) in [6.07, 6.45) is 10.8. The first-order valence-corrected chi connectivity index (χ1v) is 15.3. The highest BCUT2D eigenvalue weighted by atomic mass is 16.5. The predicted octanol–water partition coefficient (Wildman–Crippen LogP) is 8.20. The number of amides is 1. The number of nitrogens with one attached hydrogen (secondary N) is 1. The Kier molecular flexibility index (Phi) is 18.9. The monoisotopic (exact) mass is 629 g/mol. The molecule has 3 aromatic rings. The van der Waals surface area contributed by atoms with Gasteiger partial charge in [0.05, 0.1) is 12.3 Å². The number of hydrogen-bond acceptors (Lipinski definition) is 7. The van der Waals surface area contributed by atoms with Crippen LogP contribution in [0.15, 0.2) is 101 Å². The Morgan fingerprint density at radius 2 is 1.72 bits per heavy atom. The van der Waals surface area contributed by atoms with Crippen molar-refractivity contribution in [3.63, 3.8) is 0 Å². The smallest absolute Gasteiger partial charge is 0.290 e. The van der Waals surface area contributed by atoms with Crippen LogP contribution in [0.2, 0.25) is 0 Å². The van der Waals surface area contributed by atoms with Crippen molar-refractivity contribution in [3.8, 4) is 23.0 Å². The molecule has 0 fully saturated rings. The minimum Gasteiger partial charge on any atom is -0.493 e. The Morgan fingerprint density at radius 1 is 1.04 bits per heavy atom. The van der Waals surface area contributed by atoms with E-state index in [-0.39, 0.29) is 18.1 Å². The van der Waals surface area contributed by atoms with E-state index in [1.807, 2.05) is 77.1 Å². The summed E-state index contributed by atoms with van der Waals surface area (Å²) in [5, 5.41) is 9.83. The Morgan fingerprint density at radius 3 is 2.30 bits per heavy atom. The number of aromatic nitrogens is 1. The zero-order valence-electron chi connectivity index (χ0n) is 27.8. The molecular weight excluding hydrogens is 582 g/mol. The Labute approximate surface area is 273 Å². The number of aryl methyl sites for hydroxylation is 2. The topological polar surface area (TPSA) is 123 Å². The number of carbonyl (C=O) groups is 2. The van der Waals surface area contributed by atoms with Crippen molar-refractivity contribution in [3.05, 3.63) is 114 Å². The first kappa shape index (κ1) is 38.8. The van der Waals surface area contributed by atoms with Crippen LogP contribution in [0, 0.1) is 6.92 Å². The Bertz CT molecular complexity index is 1480. The lowest BCUT2D eigenvalue weighted by molar-refractivity contribution is -0.123. The maximum absolute atomic E-state index is 12.6. The Hall–Kier alpha value is -5.18. The first-order valence-electron chi connectivity index (χ1n) is 15.3. The van der Waals surface area contributed by atoms with Gasteiger partial charge in [0.15, 0.2) is 0 Å². The summed E-state index contributed by atoms with van der Waals surface area (Å²) in [4.78, 5) is 29.7. The third-order valence-corrected chi connectivity index (χ3v) is 6.25. The highest BCUT2D eigenvalue weighted by molar-refractivity contribution is 6.43. The van der Waals surface area contributed by atoms with E-state index < -0.39 is 0 Å². The van der Waals surface area contributed by atoms with Crippen LogP contribution in [0.5, 0.6) is 11.5 Å². The van der Waals surface area contributed by atoms with Gasteiger partial charge in [-0.05, 0) is 92.9 Å². The highest BCUT2D eigenvalue weighted by Crippen LogP contribution is 2.26. The summed E-state index contributed by atoms with van der Waals surface area (Å²) < 4.78 is 17.8. The SMILES string of the molecule is C=CC(=N/C=C\C)C(=O)NCc1cc(OCCc2nc(-c3ccc(O/C(C=C)=C/C)cc3)oc2C)ccc1CCC.CC.O=CO. The third-order valence-electron chi connectivity index (χ3n) is 6.25. The number of rotatable bonds is 15. The summed E-state index contributed by atoms with van der Waals surface area (Å²) in [6.45, 7) is 19.8. The molecule has 0 aliphatic rings. The molecule has 0 aliphatic carbocycles. The van der Waals surface area contributed by atoms with Crippen molar-refractivity contribution >= 4 is 18.1 Å². The molecule has 2 aromatic carbocycles. The molecule has 246 valence electrons. The van der Waals surface area contributed by atoms with E-state index in [0.29, 0.717) is 37.0 Å². The van der Waals surface area contributed by atoms with Gasteiger partial charge in [0.25, 0.3) is 12.4 Å². The summed E-state index contributed by atoms with van der Waals surface area (Å²) in [5.41, 5.74) is 4.16. The minimum absolute atomic E-state index is 0.250. The molecule has 0 saturated heterocycles. The summed E-state index contributed by atoms with van der Waals surface area (Å²) in [7, 11) is 0. The first-order chi connectivity index (χ1) is 22.3. The van der Waals surface area contributed by atoms with Crippen LogP contribution in [0.25, 0.3) is 11.5 Å². The number of nitrogens with zero attached hydrogens (tertiary/aromatic N) is 2. The molecule has 0 saturated carbocycles. The minimum atomic E-state index is -0.273. The van der Waals surface area contributed by atoms with Gasteiger partial charge in [-0.15, -0.1) is 0 Å². The molecule has 1 aromatic heterocycles. The van der Waals surface area contributed by atoms with Crippen LogP contribution >= 0.6 is 0 Å². The van der Waals surface area contributed by atoms with Gasteiger partial charge in [-0.1, -0.05) is 52.5 Å². The maximum Gasteiger partial charge on any atom is 0.290 e. The molecule has 9 heteroatoms. The largest absolute Gasteiger partial charge is 0.493 e. The zero-order chi connectivity index (χ0) is 34.3. The molecule has 0 spiro atoms. The number of ether oxygens (including phenoxy) is 2. The summed E-state index contributed by atoms with van der Waals surface area (Å²) >= 11 is 0. The van der Waals surface area contributed by atoms with Crippen molar-refractivity contribution in [2.75, 3.05) is 6.61 Å². The molecule has 2 N–H and O–H groups in total. The molecule has 0 bridgehead atoms. The fourth-order valence-corrected chi connectivity index (χ4v) is 4.06. The van der Waals surface area contributed by atoms with Gasteiger partial charge in [-0.3, -0.25) is 14.6 Å². The van der Waals surface area contributed by atoms with Crippen molar-refractivity contribution in [2.24, 2.45) is 4.99 Å². The number of carboxylic acid groups (broad SMARTS) is 1. The van der Waals surface area contributed by atoms with Crippen LogP contribution in [0.1, 0.15) is 63.6 Å². The van der Waals surface area contributed by atoms with Crippen LogP contribution in [0.4, 0.5) is 0 Å². The second-order valence-corrected chi connectivity index (χ2v) is 9.31. The maximum atomic E-state index is 12.6. The van der Waals surface area contributed by atoms with Crippen LogP contribution < -0.4 is 14.8 Å². The summed E-state index contributed by atoms with van der Waals surface area (Å²) in [6, 6.07) is 13.6. The van der Waals surface area contributed by atoms with Crippen molar-refractivity contribution in [1.82, 2.24) is 10.3 Å². The highest BCUT2D eigenvalue weighted by Gasteiger charge is 2.13. The second-order valence-electron chi connectivity index (χ2n) is 9.31. The average molecular weight is 630 g/mol. The normalized spacial score (nSPS) is 11.0. The Balaban J connectivity index is 0.00000199. The lowest BCUT2D eigenvalue weighted by Crippen LogP contribution is -2.29. The number of hydrogen-bond donors (Lipinski definition) is 2. The van der Waals surface area contributed by atoms with Gasteiger partial charge < -0.3 is 24.3 Å². The molecule has 1 heterocycles. The van der Waals surface area contributed by atoms with Gasteiger partial charge >= 0.3 is 0 Å². The van der Waals surface area contributed by atoms with E-state index in [4.69, 9.17) is 28.8 Å². The second kappa shape index (κ2) is 22.3. The number of aliphatic imine (C=N–C) groups is 1. The number of benzene rings is 2. The van der Waals surface area contributed by atoms with Gasteiger partial charge in [0, 0.05) is 24.7 Å². The van der Waals surface area contributed by atoms with Crippen LogP contribution in [-0.4, -0.2) is 34.8 Å². The standard InChI is InChI=1S/C34H39N3O4.C2H6.CH2O2/c1-7-12-25-13-18-30(22-27(25)23-36-33(38)31(11-5)35-20-8-2)39-21-19-32-24(6)40-34(37-32)26-14-16-29(17-15-26)41-28(9-3)10-4;1-2;2-1-3/h8-11,13-18,20,22H,3,5,7,12,19,21,23H2,1-2,4,6H3,(H,36,38);1-2H3;1H,(H,2,3)/b20-8-,28-10+,35-31?;;. The van der Waals surface area contributed by atoms with Crippen LogP contribution in [0.3, 0.4) is 0 Å². The van der Waals surface area contributed by atoms with E-state index >= 15 is 0 Å². The predicted molar refractivity (Wildman–Crippen MR) is 185 cm³/mol. The molecular formula is C37H47N3O6. The lowest BCUT2D eigenvalue weighted by atomic mass is 10.0. The van der Waals surface area contributed by atoms with Crippen molar-refractivity contribution < 1.29 is 28.6 Å². The molecule has 9 nitrogen and oxygen atoms in total. The fourth-order valence-electron chi connectivity index (χ4n) is 4.06. The van der Waals surface area contributed by atoms with E-state index in [2.05, 4.69) is 36.5 Å². The molecule has 0 radical (unpaired) electrons. The number of allylic oxidation sites excluding steroid dienone is 3. The molecule has 1 amide bonds. The lowest BCUT2D eigenvalue weighted by Gasteiger charge is -2.13. The van der Waals surface area contributed by atoms with Gasteiger partial charge in [0.1, 0.15) is 28.7 Å². The average Bonchev–Trinajstić information content (AvgIpc) is 3.45. The van der Waals surface area contributed by atoms with Gasteiger partial charge in [-0.25, -0.2) is 4.98 Å². The van der Waals surface area contributed by atoms with Crippen LogP contribution in [-0.2, 0) is 29.0 Å². The molecule has 0 aliphatic heterocycles. The zero-order valence-corrected chi connectivity index (χ0v) is 27.8. The molecule has 0 atom stereocenters. The third kappa shape index (κ3) is 12.8. The van der Waals surface area contributed by atoms with Crippen molar-refractivity contribution in [2.45, 2.75) is 67.3 Å². The van der Waals surface area contributed by atoms with E-state index in [1.54, 1.807) is 18.4 Å². The molecule has 0 unspecified atom stereocenters. The van der Waals surface area contributed by atoms with E-state index in [9.17, 15) is 4.79 Å². The van der Waals surface area contributed by atoms with E-state index in [0.717, 1.165) is 41.2 Å².